The number of hydrogen-bond donors (Lipinski definition) is 1. The van der Waals surface area contributed by atoms with Gasteiger partial charge in [-0.25, -0.2) is 0 Å². The molecule has 0 aromatic carbocycles. The summed E-state index contributed by atoms with van der Waals surface area (Å²) in [6.45, 7) is 5.49. The Morgan fingerprint density at radius 3 is 3.29 bits per heavy atom. The molecule has 0 saturated carbocycles. The summed E-state index contributed by atoms with van der Waals surface area (Å²) in [4.78, 5) is 14.1. The van der Waals surface area contributed by atoms with Gasteiger partial charge in [-0.2, -0.15) is 5.10 Å². The van der Waals surface area contributed by atoms with Crippen molar-refractivity contribution in [2.24, 2.45) is 0 Å². The summed E-state index contributed by atoms with van der Waals surface area (Å²) in [7, 11) is 0. The molecule has 1 amide bonds. The summed E-state index contributed by atoms with van der Waals surface area (Å²) < 4.78 is 10.7. The first-order valence-electron chi connectivity index (χ1n) is 6.73. The van der Waals surface area contributed by atoms with Crippen LogP contribution >= 0.6 is 0 Å². The van der Waals surface area contributed by atoms with Crippen LogP contribution in [0.1, 0.15) is 27.5 Å². The van der Waals surface area contributed by atoms with E-state index in [1.165, 1.54) is 0 Å². The van der Waals surface area contributed by atoms with Gasteiger partial charge in [-0.05, 0) is 6.07 Å². The Kier molecular flexibility index (Phi) is 3.83. The minimum atomic E-state index is -0.0719. The van der Waals surface area contributed by atoms with Crippen molar-refractivity contribution in [3.8, 4) is 0 Å². The number of ether oxygens (including phenoxy) is 1. The molecule has 0 aliphatic carbocycles. The number of aromatic amines is 1. The molecule has 0 saturated heterocycles. The van der Waals surface area contributed by atoms with Gasteiger partial charge in [-0.1, -0.05) is 11.2 Å². The molecule has 2 aromatic rings. The van der Waals surface area contributed by atoms with Gasteiger partial charge < -0.3 is 14.2 Å². The molecule has 0 radical (unpaired) electrons. The molecule has 3 heterocycles. The van der Waals surface area contributed by atoms with Crippen LogP contribution in [0, 0.1) is 0 Å². The van der Waals surface area contributed by atoms with E-state index in [0.29, 0.717) is 38.4 Å². The van der Waals surface area contributed by atoms with Gasteiger partial charge in [-0.3, -0.25) is 9.89 Å². The Labute approximate surface area is 121 Å². The van der Waals surface area contributed by atoms with Crippen LogP contribution in [-0.2, 0) is 24.3 Å². The van der Waals surface area contributed by atoms with Crippen molar-refractivity contribution in [3.05, 3.63) is 47.6 Å². The van der Waals surface area contributed by atoms with Gasteiger partial charge >= 0.3 is 0 Å². The molecule has 1 aliphatic heterocycles. The lowest BCUT2D eigenvalue weighted by Crippen LogP contribution is -2.36. The fourth-order valence-electron chi connectivity index (χ4n) is 2.33. The van der Waals surface area contributed by atoms with Gasteiger partial charge in [0.05, 0.1) is 19.8 Å². The molecule has 7 nitrogen and oxygen atoms in total. The molecule has 110 valence electrons. The van der Waals surface area contributed by atoms with E-state index in [4.69, 9.17) is 9.26 Å². The molecule has 21 heavy (non-hydrogen) atoms. The second-order valence-electron chi connectivity index (χ2n) is 4.78. The van der Waals surface area contributed by atoms with Crippen molar-refractivity contribution in [2.45, 2.75) is 19.6 Å². The van der Waals surface area contributed by atoms with Gasteiger partial charge in [0.15, 0.2) is 0 Å². The molecule has 0 fully saturated rings. The zero-order valence-electron chi connectivity index (χ0n) is 11.5. The van der Waals surface area contributed by atoms with Crippen LogP contribution in [0.3, 0.4) is 0 Å². The number of rotatable bonds is 5. The minimum absolute atomic E-state index is 0.0719. The topological polar surface area (TPSA) is 84.2 Å². The van der Waals surface area contributed by atoms with E-state index < -0.39 is 0 Å². The number of carbonyl (C=O) groups excluding carboxylic acids is 1. The van der Waals surface area contributed by atoms with E-state index >= 15 is 0 Å². The second-order valence-corrected chi connectivity index (χ2v) is 4.78. The van der Waals surface area contributed by atoms with E-state index in [9.17, 15) is 4.79 Å². The lowest BCUT2D eigenvalue weighted by Gasteiger charge is -2.25. The Bertz CT molecular complexity index is 633. The average Bonchev–Trinajstić information content (AvgIpc) is 3.16. The molecular weight excluding hydrogens is 272 g/mol. The second kappa shape index (κ2) is 5.92. The fourth-order valence-corrected chi connectivity index (χ4v) is 2.33. The molecule has 1 N–H and O–H groups in total. The SMILES string of the molecule is C=CCOCc1noc2c1CN(C(=O)c1ccn[nH]1)CC2. The van der Waals surface area contributed by atoms with E-state index in [2.05, 4.69) is 21.9 Å². The molecule has 0 unspecified atom stereocenters. The fraction of sp³-hybridized carbons (Fsp3) is 0.357. The van der Waals surface area contributed by atoms with Gasteiger partial charge in [-0.15, -0.1) is 6.58 Å². The molecule has 0 atom stereocenters. The number of nitrogens with one attached hydrogen (secondary N) is 1. The highest BCUT2D eigenvalue weighted by Gasteiger charge is 2.27. The highest BCUT2D eigenvalue weighted by molar-refractivity contribution is 5.92. The van der Waals surface area contributed by atoms with E-state index in [-0.39, 0.29) is 5.91 Å². The zero-order valence-corrected chi connectivity index (χ0v) is 11.5. The summed E-state index contributed by atoms with van der Waals surface area (Å²) in [5.41, 5.74) is 2.17. The lowest BCUT2D eigenvalue weighted by atomic mass is 10.1. The maximum absolute atomic E-state index is 12.3. The van der Waals surface area contributed by atoms with E-state index in [1.807, 2.05) is 0 Å². The molecule has 0 spiro atoms. The Morgan fingerprint density at radius 2 is 2.52 bits per heavy atom. The molecular formula is C14H16N4O3. The summed E-state index contributed by atoms with van der Waals surface area (Å²) in [5, 5.41) is 10.5. The van der Waals surface area contributed by atoms with Crippen molar-refractivity contribution in [1.29, 1.82) is 0 Å². The number of carbonyl (C=O) groups is 1. The van der Waals surface area contributed by atoms with Crippen LogP contribution in [0.5, 0.6) is 0 Å². The van der Waals surface area contributed by atoms with Crippen LogP contribution in [0.15, 0.2) is 29.4 Å². The van der Waals surface area contributed by atoms with E-state index in [1.54, 1.807) is 23.2 Å². The van der Waals surface area contributed by atoms with Gasteiger partial charge in [0.25, 0.3) is 5.91 Å². The summed E-state index contributed by atoms with van der Waals surface area (Å²) in [5.74, 6) is 0.762. The number of H-pyrrole nitrogens is 1. The van der Waals surface area contributed by atoms with Crippen molar-refractivity contribution >= 4 is 5.91 Å². The number of amides is 1. The van der Waals surface area contributed by atoms with Crippen LogP contribution < -0.4 is 0 Å². The minimum Gasteiger partial charge on any atom is -0.371 e. The third-order valence-corrected chi connectivity index (χ3v) is 3.40. The number of nitrogens with zero attached hydrogens (tertiary/aromatic N) is 3. The van der Waals surface area contributed by atoms with Crippen molar-refractivity contribution in [1.82, 2.24) is 20.3 Å². The molecule has 3 rings (SSSR count). The van der Waals surface area contributed by atoms with Crippen LogP contribution in [0.4, 0.5) is 0 Å². The third kappa shape index (κ3) is 2.73. The first kappa shape index (κ1) is 13.6. The number of hydrogen-bond acceptors (Lipinski definition) is 5. The summed E-state index contributed by atoms with van der Waals surface area (Å²) in [6.07, 6.45) is 3.90. The highest BCUT2D eigenvalue weighted by atomic mass is 16.5. The van der Waals surface area contributed by atoms with Crippen LogP contribution in [0.2, 0.25) is 0 Å². The van der Waals surface area contributed by atoms with E-state index in [0.717, 1.165) is 17.0 Å². The van der Waals surface area contributed by atoms with Crippen LogP contribution in [0.25, 0.3) is 0 Å². The average molecular weight is 288 g/mol. The Morgan fingerprint density at radius 1 is 1.62 bits per heavy atom. The molecule has 1 aliphatic rings. The number of aromatic nitrogens is 3. The predicted molar refractivity (Wildman–Crippen MR) is 73.4 cm³/mol. The first-order chi connectivity index (χ1) is 10.3. The van der Waals surface area contributed by atoms with Gasteiger partial charge in [0, 0.05) is 24.7 Å². The van der Waals surface area contributed by atoms with Crippen molar-refractivity contribution < 1.29 is 14.1 Å². The normalized spacial score (nSPS) is 14.0. The number of fused-ring (bicyclic) bond motifs is 1. The Hall–Kier alpha value is -2.41. The summed E-state index contributed by atoms with van der Waals surface area (Å²) in [6, 6.07) is 1.67. The lowest BCUT2D eigenvalue weighted by molar-refractivity contribution is 0.0721. The van der Waals surface area contributed by atoms with Gasteiger partial charge in [0.1, 0.15) is 17.1 Å². The molecule has 0 bridgehead atoms. The molecule has 2 aromatic heterocycles. The standard InChI is InChI=1S/C14H16N4O3/c1-2-7-20-9-12-10-8-18(6-4-13(10)21-17-12)14(19)11-3-5-15-16-11/h2-3,5H,1,4,6-9H2,(H,15,16). The zero-order chi connectivity index (χ0) is 14.7. The predicted octanol–water partition coefficient (Wildman–Crippen LogP) is 1.30. The summed E-state index contributed by atoms with van der Waals surface area (Å²) >= 11 is 0. The van der Waals surface area contributed by atoms with Gasteiger partial charge in [0.2, 0.25) is 0 Å². The quantitative estimate of drug-likeness (QED) is 0.662. The highest BCUT2D eigenvalue weighted by Crippen LogP contribution is 2.24. The first-order valence-corrected chi connectivity index (χ1v) is 6.73. The molecule has 7 heteroatoms. The van der Waals surface area contributed by atoms with Crippen molar-refractivity contribution in [3.63, 3.8) is 0 Å². The third-order valence-electron chi connectivity index (χ3n) is 3.40. The van der Waals surface area contributed by atoms with Crippen molar-refractivity contribution in [2.75, 3.05) is 13.2 Å². The monoisotopic (exact) mass is 288 g/mol. The Balaban J connectivity index is 1.73. The smallest absolute Gasteiger partial charge is 0.272 e. The maximum atomic E-state index is 12.3. The van der Waals surface area contributed by atoms with Crippen LogP contribution in [-0.4, -0.2) is 39.3 Å². The largest absolute Gasteiger partial charge is 0.371 e. The maximum Gasteiger partial charge on any atom is 0.272 e.